The highest BCUT2D eigenvalue weighted by Crippen LogP contribution is 2.19. The third kappa shape index (κ3) is 4.95. The van der Waals surface area contributed by atoms with Gasteiger partial charge in [0.15, 0.2) is 0 Å². The number of para-hydroxylation sites is 1. The van der Waals surface area contributed by atoms with E-state index in [0.717, 1.165) is 5.56 Å². The highest BCUT2D eigenvalue weighted by molar-refractivity contribution is 7.89. The van der Waals surface area contributed by atoms with Crippen LogP contribution in [0.4, 0.5) is 0 Å². The molecule has 0 aliphatic carbocycles. The van der Waals surface area contributed by atoms with E-state index in [4.69, 9.17) is 14.2 Å². The molecule has 0 aromatic heterocycles. The first kappa shape index (κ1) is 18.3. The van der Waals surface area contributed by atoms with E-state index in [9.17, 15) is 8.42 Å². The predicted molar refractivity (Wildman–Crippen MR) is 90.8 cm³/mol. The van der Waals surface area contributed by atoms with Crippen LogP contribution in [0.15, 0.2) is 53.4 Å². The Balaban J connectivity index is 2.02. The summed E-state index contributed by atoms with van der Waals surface area (Å²) in [4.78, 5) is 0.177. The summed E-state index contributed by atoms with van der Waals surface area (Å²) in [7, 11) is -0.470. The lowest BCUT2D eigenvalue weighted by molar-refractivity contribution is 0.146. The molecular formula is C17H21NO5S. The fourth-order valence-electron chi connectivity index (χ4n) is 2.06. The van der Waals surface area contributed by atoms with Crippen LogP contribution in [0.3, 0.4) is 0 Å². The van der Waals surface area contributed by atoms with Gasteiger partial charge in [-0.05, 0) is 30.3 Å². The molecule has 2 rings (SSSR count). The largest absolute Gasteiger partial charge is 0.496 e. The van der Waals surface area contributed by atoms with E-state index >= 15 is 0 Å². The lowest BCUT2D eigenvalue weighted by atomic mass is 10.2. The van der Waals surface area contributed by atoms with Gasteiger partial charge in [0.25, 0.3) is 0 Å². The Morgan fingerprint density at radius 2 is 1.67 bits per heavy atom. The van der Waals surface area contributed by atoms with E-state index in [1.807, 2.05) is 18.2 Å². The van der Waals surface area contributed by atoms with Crippen LogP contribution < -0.4 is 14.2 Å². The van der Waals surface area contributed by atoms with Crippen molar-refractivity contribution >= 4 is 10.0 Å². The fourth-order valence-corrected chi connectivity index (χ4v) is 3.07. The quantitative estimate of drug-likeness (QED) is 0.701. The average Bonchev–Trinajstić information content (AvgIpc) is 2.61. The smallest absolute Gasteiger partial charge is 0.240 e. The van der Waals surface area contributed by atoms with Crippen molar-refractivity contribution in [3.63, 3.8) is 0 Å². The fraction of sp³-hybridized carbons (Fsp3) is 0.294. The molecule has 1 N–H and O–H groups in total. The molecule has 0 bridgehead atoms. The summed E-state index contributed by atoms with van der Waals surface area (Å²) >= 11 is 0. The van der Waals surface area contributed by atoms with Crippen molar-refractivity contribution in [1.29, 1.82) is 0 Å². The molecule has 0 radical (unpaired) electrons. The first-order valence-electron chi connectivity index (χ1n) is 7.40. The van der Waals surface area contributed by atoms with Crippen molar-refractivity contribution < 1.29 is 22.6 Å². The number of methoxy groups -OCH3 is 2. The number of hydrogen-bond acceptors (Lipinski definition) is 5. The van der Waals surface area contributed by atoms with E-state index < -0.39 is 10.0 Å². The molecule has 7 heteroatoms. The Labute approximate surface area is 142 Å². The van der Waals surface area contributed by atoms with Gasteiger partial charge in [0.1, 0.15) is 18.1 Å². The van der Waals surface area contributed by atoms with Gasteiger partial charge in [0, 0.05) is 19.2 Å². The Morgan fingerprint density at radius 1 is 0.958 bits per heavy atom. The van der Waals surface area contributed by atoms with Crippen molar-refractivity contribution in [1.82, 2.24) is 4.72 Å². The van der Waals surface area contributed by atoms with Gasteiger partial charge in [-0.1, -0.05) is 18.2 Å². The van der Waals surface area contributed by atoms with Gasteiger partial charge in [-0.15, -0.1) is 0 Å². The molecule has 0 atom stereocenters. The third-order valence-electron chi connectivity index (χ3n) is 3.34. The van der Waals surface area contributed by atoms with Crippen molar-refractivity contribution in [2.45, 2.75) is 11.4 Å². The van der Waals surface area contributed by atoms with Gasteiger partial charge in [-0.25, -0.2) is 13.1 Å². The summed E-state index contributed by atoms with van der Waals surface area (Å²) in [6.07, 6.45) is 0. The molecule has 0 saturated carbocycles. The van der Waals surface area contributed by atoms with Gasteiger partial charge in [0.05, 0.1) is 18.6 Å². The zero-order chi connectivity index (χ0) is 17.4. The lowest BCUT2D eigenvalue weighted by Gasteiger charge is -2.11. The van der Waals surface area contributed by atoms with Crippen molar-refractivity contribution in [3.05, 3.63) is 54.1 Å². The molecule has 0 heterocycles. The molecule has 0 fully saturated rings. The molecule has 6 nitrogen and oxygen atoms in total. The zero-order valence-electron chi connectivity index (χ0n) is 13.7. The number of hydrogen-bond donors (Lipinski definition) is 1. The second-order valence-corrected chi connectivity index (χ2v) is 6.72. The maximum atomic E-state index is 12.4. The highest BCUT2D eigenvalue weighted by Gasteiger charge is 2.14. The lowest BCUT2D eigenvalue weighted by Crippen LogP contribution is -2.23. The minimum atomic E-state index is -3.61. The summed E-state index contributed by atoms with van der Waals surface area (Å²) in [5.41, 5.74) is 0.767. The molecule has 0 aliphatic rings. The highest BCUT2D eigenvalue weighted by atomic mass is 32.2. The summed E-state index contributed by atoms with van der Waals surface area (Å²) in [5.74, 6) is 1.23. The number of benzene rings is 2. The van der Waals surface area contributed by atoms with E-state index in [1.165, 1.54) is 12.1 Å². The van der Waals surface area contributed by atoms with Crippen molar-refractivity contribution in [2.75, 3.05) is 27.4 Å². The maximum absolute atomic E-state index is 12.4. The van der Waals surface area contributed by atoms with Gasteiger partial charge in [-0.2, -0.15) is 0 Å². The van der Waals surface area contributed by atoms with E-state index in [-0.39, 0.29) is 11.4 Å². The second kappa shape index (κ2) is 8.68. The summed E-state index contributed by atoms with van der Waals surface area (Å²) in [6.45, 7) is 1.04. The summed E-state index contributed by atoms with van der Waals surface area (Å²) in [6, 6.07) is 13.5. The molecule has 2 aromatic carbocycles. The van der Waals surface area contributed by atoms with E-state index in [0.29, 0.717) is 24.7 Å². The predicted octanol–water partition coefficient (Wildman–Crippen LogP) is 2.20. The SMILES string of the molecule is COCCOc1ccc(S(=O)(=O)NCc2ccccc2OC)cc1. The Morgan fingerprint density at radius 3 is 2.33 bits per heavy atom. The minimum Gasteiger partial charge on any atom is -0.496 e. The van der Waals surface area contributed by atoms with Crippen LogP contribution in [-0.4, -0.2) is 35.9 Å². The van der Waals surface area contributed by atoms with Crippen molar-refractivity contribution in [2.24, 2.45) is 0 Å². The maximum Gasteiger partial charge on any atom is 0.240 e. The summed E-state index contributed by atoms with van der Waals surface area (Å²) in [5, 5.41) is 0. The number of rotatable bonds is 9. The molecule has 0 saturated heterocycles. The average molecular weight is 351 g/mol. The van der Waals surface area contributed by atoms with Crippen LogP contribution in [0, 0.1) is 0 Å². The Kier molecular flexibility index (Phi) is 6.60. The topological polar surface area (TPSA) is 73.9 Å². The normalized spacial score (nSPS) is 11.2. The van der Waals surface area contributed by atoms with E-state index in [1.54, 1.807) is 32.4 Å². The van der Waals surface area contributed by atoms with Gasteiger partial charge < -0.3 is 14.2 Å². The third-order valence-corrected chi connectivity index (χ3v) is 4.75. The van der Waals surface area contributed by atoms with Gasteiger partial charge in [-0.3, -0.25) is 0 Å². The molecular weight excluding hydrogens is 330 g/mol. The van der Waals surface area contributed by atoms with Crippen LogP contribution in [0.2, 0.25) is 0 Å². The molecule has 0 aliphatic heterocycles. The van der Waals surface area contributed by atoms with Gasteiger partial charge in [0.2, 0.25) is 10.0 Å². The molecule has 0 spiro atoms. The van der Waals surface area contributed by atoms with E-state index in [2.05, 4.69) is 4.72 Å². The second-order valence-electron chi connectivity index (χ2n) is 4.95. The van der Waals surface area contributed by atoms with Gasteiger partial charge >= 0.3 is 0 Å². The number of sulfonamides is 1. The first-order valence-corrected chi connectivity index (χ1v) is 8.88. The molecule has 130 valence electrons. The van der Waals surface area contributed by atoms with Crippen molar-refractivity contribution in [3.8, 4) is 11.5 Å². The number of ether oxygens (including phenoxy) is 3. The van der Waals surface area contributed by atoms with Crippen LogP contribution in [0.25, 0.3) is 0 Å². The molecule has 0 unspecified atom stereocenters. The number of nitrogens with one attached hydrogen (secondary N) is 1. The van der Waals surface area contributed by atoms with Crippen LogP contribution >= 0.6 is 0 Å². The Hall–Kier alpha value is -2.09. The first-order chi connectivity index (χ1) is 11.6. The minimum absolute atomic E-state index is 0.151. The Bertz CT molecular complexity index is 744. The standard InChI is InChI=1S/C17H21NO5S/c1-21-11-12-23-15-7-9-16(10-8-15)24(19,20)18-13-14-5-3-4-6-17(14)22-2/h3-10,18H,11-13H2,1-2H3. The van der Waals surface area contributed by atoms with Crippen LogP contribution in [0.5, 0.6) is 11.5 Å². The van der Waals surface area contributed by atoms with Crippen LogP contribution in [-0.2, 0) is 21.3 Å². The summed E-state index contributed by atoms with van der Waals surface area (Å²) < 4.78 is 42.8. The van der Waals surface area contributed by atoms with Crippen LogP contribution in [0.1, 0.15) is 5.56 Å². The molecule has 24 heavy (non-hydrogen) atoms. The monoisotopic (exact) mass is 351 g/mol. The zero-order valence-corrected chi connectivity index (χ0v) is 14.5. The molecule has 0 amide bonds. The molecule has 2 aromatic rings.